The molecule has 0 aliphatic carbocycles. The summed E-state index contributed by atoms with van der Waals surface area (Å²) >= 11 is 0. The van der Waals surface area contributed by atoms with Crippen molar-refractivity contribution < 1.29 is 27.5 Å². The summed E-state index contributed by atoms with van der Waals surface area (Å²) in [6, 6.07) is 5.61. The number of nitrogens with zero attached hydrogens (tertiary/aromatic N) is 2. The van der Waals surface area contributed by atoms with E-state index >= 15 is 0 Å². The summed E-state index contributed by atoms with van der Waals surface area (Å²) in [5.41, 5.74) is 5.57. The second-order valence-electron chi connectivity index (χ2n) is 5.50. The van der Waals surface area contributed by atoms with Gasteiger partial charge in [-0.05, 0) is 30.3 Å². The van der Waals surface area contributed by atoms with E-state index in [-0.39, 0.29) is 23.5 Å². The number of hydrogen-bond acceptors (Lipinski definition) is 4. The molecule has 1 aromatic heterocycles. The van der Waals surface area contributed by atoms with Crippen LogP contribution in [0, 0.1) is 0 Å². The second-order valence-corrected chi connectivity index (χ2v) is 5.50. The number of carbonyl (C=O) groups is 2. The van der Waals surface area contributed by atoms with Gasteiger partial charge in [0.25, 0.3) is 5.91 Å². The predicted octanol–water partition coefficient (Wildman–Crippen LogP) is 2.41. The SMILES string of the molecule is COC(=O)c1ccn2c1C(=O)N(c1ccc(C(F)(F)F)cc1)C[C@@H]2N. The van der Waals surface area contributed by atoms with Gasteiger partial charge in [0.15, 0.2) is 0 Å². The van der Waals surface area contributed by atoms with Gasteiger partial charge in [0, 0.05) is 11.9 Å². The molecule has 1 atom stereocenters. The van der Waals surface area contributed by atoms with Crippen LogP contribution in [0.3, 0.4) is 0 Å². The lowest BCUT2D eigenvalue weighted by atomic mass is 10.1. The number of aromatic nitrogens is 1. The molecule has 0 spiro atoms. The maximum absolute atomic E-state index is 12.8. The Morgan fingerprint density at radius 1 is 1.24 bits per heavy atom. The van der Waals surface area contributed by atoms with Gasteiger partial charge in [-0.2, -0.15) is 13.2 Å². The molecule has 2 heterocycles. The maximum Gasteiger partial charge on any atom is 0.416 e. The molecule has 25 heavy (non-hydrogen) atoms. The molecule has 1 aliphatic heterocycles. The number of carbonyl (C=O) groups excluding carboxylic acids is 2. The van der Waals surface area contributed by atoms with E-state index in [0.717, 1.165) is 12.1 Å². The van der Waals surface area contributed by atoms with Crippen molar-refractivity contribution in [3.8, 4) is 0 Å². The molecule has 0 fully saturated rings. The molecule has 2 N–H and O–H groups in total. The molecule has 0 unspecified atom stereocenters. The number of amides is 1. The van der Waals surface area contributed by atoms with Crippen molar-refractivity contribution in [1.82, 2.24) is 4.57 Å². The first-order valence-electron chi connectivity index (χ1n) is 7.28. The highest BCUT2D eigenvalue weighted by molar-refractivity contribution is 6.12. The monoisotopic (exact) mass is 353 g/mol. The molecular weight excluding hydrogens is 339 g/mol. The van der Waals surface area contributed by atoms with Gasteiger partial charge in [-0.15, -0.1) is 0 Å². The van der Waals surface area contributed by atoms with Gasteiger partial charge >= 0.3 is 12.1 Å². The lowest BCUT2D eigenvalue weighted by molar-refractivity contribution is -0.137. The van der Waals surface area contributed by atoms with Gasteiger partial charge in [-0.1, -0.05) is 0 Å². The number of anilines is 1. The number of nitrogens with two attached hydrogens (primary N) is 1. The van der Waals surface area contributed by atoms with Crippen LogP contribution in [0.25, 0.3) is 0 Å². The third kappa shape index (κ3) is 2.86. The molecule has 9 heteroatoms. The van der Waals surface area contributed by atoms with Crippen LogP contribution in [0.4, 0.5) is 18.9 Å². The average molecular weight is 353 g/mol. The second kappa shape index (κ2) is 5.92. The largest absolute Gasteiger partial charge is 0.465 e. The standard InChI is InChI=1S/C16H14F3N3O3/c1-25-15(24)11-6-7-21-12(20)8-22(14(23)13(11)21)10-4-2-9(3-5-10)16(17,18)19/h2-7,12H,8,20H2,1H3/t12-/m1/s1. The van der Waals surface area contributed by atoms with Gasteiger partial charge in [-0.25, -0.2) is 4.79 Å². The number of hydrogen-bond donors (Lipinski definition) is 1. The molecule has 0 radical (unpaired) electrons. The molecule has 1 aliphatic rings. The molecule has 0 saturated carbocycles. The number of ether oxygens (including phenoxy) is 1. The minimum atomic E-state index is -4.46. The number of rotatable bonds is 2. The first-order chi connectivity index (χ1) is 11.7. The van der Waals surface area contributed by atoms with Crippen LogP contribution in [0.1, 0.15) is 32.6 Å². The van der Waals surface area contributed by atoms with E-state index in [1.165, 1.54) is 41.0 Å². The van der Waals surface area contributed by atoms with Crippen LogP contribution in [-0.2, 0) is 10.9 Å². The minimum absolute atomic E-state index is 0.0468. The Hall–Kier alpha value is -2.81. The predicted molar refractivity (Wildman–Crippen MR) is 82.1 cm³/mol. The van der Waals surface area contributed by atoms with Crippen molar-refractivity contribution in [1.29, 1.82) is 0 Å². The third-order valence-electron chi connectivity index (χ3n) is 4.00. The molecule has 1 amide bonds. The third-order valence-corrected chi connectivity index (χ3v) is 4.00. The molecule has 0 saturated heterocycles. The van der Waals surface area contributed by atoms with E-state index in [1.54, 1.807) is 0 Å². The fourth-order valence-corrected chi connectivity index (χ4v) is 2.76. The van der Waals surface area contributed by atoms with E-state index in [0.29, 0.717) is 0 Å². The smallest absolute Gasteiger partial charge is 0.416 e. The van der Waals surface area contributed by atoms with Crippen LogP contribution >= 0.6 is 0 Å². The van der Waals surface area contributed by atoms with Crippen LogP contribution in [0.15, 0.2) is 36.5 Å². The van der Waals surface area contributed by atoms with Crippen molar-refractivity contribution in [2.24, 2.45) is 5.73 Å². The average Bonchev–Trinajstić information content (AvgIpc) is 3.02. The van der Waals surface area contributed by atoms with E-state index in [2.05, 4.69) is 4.74 Å². The summed E-state index contributed by atoms with van der Waals surface area (Å²) in [6.45, 7) is 0.0620. The zero-order chi connectivity index (χ0) is 18.4. The van der Waals surface area contributed by atoms with Gasteiger partial charge in [0.2, 0.25) is 0 Å². The van der Waals surface area contributed by atoms with Gasteiger partial charge < -0.3 is 19.9 Å². The number of alkyl halides is 3. The Morgan fingerprint density at radius 3 is 2.44 bits per heavy atom. The minimum Gasteiger partial charge on any atom is -0.465 e. The Morgan fingerprint density at radius 2 is 1.88 bits per heavy atom. The first kappa shape index (κ1) is 17.0. The van der Waals surface area contributed by atoms with Crippen molar-refractivity contribution in [3.63, 3.8) is 0 Å². The zero-order valence-corrected chi connectivity index (χ0v) is 13.1. The van der Waals surface area contributed by atoms with E-state index in [1.807, 2.05) is 0 Å². The number of esters is 1. The summed E-state index contributed by atoms with van der Waals surface area (Å²) in [7, 11) is 1.19. The van der Waals surface area contributed by atoms with Crippen LogP contribution < -0.4 is 10.6 Å². The Kier molecular flexibility index (Phi) is 4.03. The molecule has 132 valence electrons. The van der Waals surface area contributed by atoms with Crippen LogP contribution in [0.5, 0.6) is 0 Å². The normalized spacial score (nSPS) is 17.4. The summed E-state index contributed by atoms with van der Waals surface area (Å²) in [5.74, 6) is -1.23. The van der Waals surface area contributed by atoms with Crippen LogP contribution in [-0.4, -0.2) is 30.1 Å². The van der Waals surface area contributed by atoms with Crippen molar-refractivity contribution in [2.75, 3.05) is 18.6 Å². The molecule has 2 aromatic rings. The highest BCUT2D eigenvalue weighted by Crippen LogP contribution is 2.32. The van der Waals surface area contributed by atoms with E-state index < -0.39 is 29.8 Å². The summed E-state index contributed by atoms with van der Waals surface area (Å²) < 4.78 is 44.1. The van der Waals surface area contributed by atoms with Crippen LogP contribution in [0.2, 0.25) is 0 Å². The quantitative estimate of drug-likeness (QED) is 0.841. The fraction of sp³-hybridized carbons (Fsp3) is 0.250. The highest BCUT2D eigenvalue weighted by atomic mass is 19.4. The van der Waals surface area contributed by atoms with Gasteiger partial charge in [0.05, 0.1) is 30.9 Å². The molecule has 0 bridgehead atoms. The van der Waals surface area contributed by atoms with Crippen molar-refractivity contribution in [3.05, 3.63) is 53.3 Å². The Bertz CT molecular complexity index is 827. The highest BCUT2D eigenvalue weighted by Gasteiger charge is 2.35. The Balaban J connectivity index is 1.99. The van der Waals surface area contributed by atoms with Crippen molar-refractivity contribution >= 4 is 17.6 Å². The summed E-state index contributed by atoms with van der Waals surface area (Å²) in [4.78, 5) is 25.8. The first-order valence-corrected chi connectivity index (χ1v) is 7.28. The number of methoxy groups -OCH3 is 1. The molecular formula is C16H14F3N3O3. The Labute approximate surface area is 140 Å². The fourth-order valence-electron chi connectivity index (χ4n) is 2.76. The molecule has 1 aromatic carbocycles. The number of halogens is 3. The maximum atomic E-state index is 12.8. The zero-order valence-electron chi connectivity index (χ0n) is 13.1. The molecule has 3 rings (SSSR count). The lowest BCUT2D eigenvalue weighted by Crippen LogP contribution is -2.46. The summed E-state index contributed by atoms with van der Waals surface area (Å²) in [5, 5.41) is 0. The van der Waals surface area contributed by atoms with E-state index in [9.17, 15) is 22.8 Å². The number of fused-ring (bicyclic) bond motifs is 1. The van der Waals surface area contributed by atoms with Crippen molar-refractivity contribution in [2.45, 2.75) is 12.3 Å². The topological polar surface area (TPSA) is 77.6 Å². The lowest BCUT2D eigenvalue weighted by Gasteiger charge is -2.33. The van der Waals surface area contributed by atoms with Gasteiger partial charge in [0.1, 0.15) is 5.69 Å². The van der Waals surface area contributed by atoms with Gasteiger partial charge in [-0.3, -0.25) is 4.79 Å². The molecule has 6 nitrogen and oxygen atoms in total. The summed E-state index contributed by atoms with van der Waals surface area (Å²) in [6.07, 6.45) is -3.60. The number of benzene rings is 1. The van der Waals surface area contributed by atoms with E-state index in [4.69, 9.17) is 5.73 Å².